The number of para-hydroxylation sites is 1. The predicted molar refractivity (Wildman–Crippen MR) is 89.3 cm³/mol. The first-order valence-corrected chi connectivity index (χ1v) is 7.62. The first kappa shape index (κ1) is 17.7. The summed E-state index contributed by atoms with van der Waals surface area (Å²) in [6.45, 7) is 1.81. The Morgan fingerprint density at radius 3 is 2.71 bits per heavy atom. The number of carbonyl (C=O) groups excluding carboxylic acids is 1. The zero-order valence-corrected chi connectivity index (χ0v) is 13.6. The van der Waals surface area contributed by atoms with Gasteiger partial charge in [0.25, 0.3) is 0 Å². The molecule has 0 radical (unpaired) electrons. The quantitative estimate of drug-likeness (QED) is 0.762. The fourth-order valence-corrected chi connectivity index (χ4v) is 2.37. The van der Waals surface area contributed by atoms with Gasteiger partial charge in [-0.3, -0.25) is 0 Å². The lowest BCUT2D eigenvalue weighted by Crippen LogP contribution is -2.39. The van der Waals surface area contributed by atoms with Crippen molar-refractivity contribution >= 4 is 6.03 Å². The number of halogens is 1. The summed E-state index contributed by atoms with van der Waals surface area (Å²) in [5.74, 6) is 0.255. The molecule has 0 saturated carbocycles. The maximum atomic E-state index is 13.1. The lowest BCUT2D eigenvalue weighted by atomic mass is 10.1. The number of rotatable bonds is 6. The summed E-state index contributed by atoms with van der Waals surface area (Å²) >= 11 is 0. The van der Waals surface area contributed by atoms with Crippen LogP contribution >= 0.6 is 0 Å². The molecule has 0 aliphatic carbocycles. The third-order valence-electron chi connectivity index (χ3n) is 3.64. The van der Waals surface area contributed by atoms with E-state index < -0.39 is 18.0 Å². The molecule has 0 heterocycles. The smallest absolute Gasteiger partial charge is 0.315 e. The SMILES string of the molecule is COc1ccccc1[C@@H](C)NC(=O)NCC(O)c1cccc(F)c1. The minimum Gasteiger partial charge on any atom is -0.496 e. The molecule has 0 fully saturated rings. The van der Waals surface area contributed by atoms with Gasteiger partial charge < -0.3 is 20.5 Å². The molecular weight excluding hydrogens is 311 g/mol. The predicted octanol–water partition coefficient (Wildman–Crippen LogP) is 2.93. The van der Waals surface area contributed by atoms with Gasteiger partial charge in [-0.2, -0.15) is 0 Å². The molecule has 2 aromatic rings. The molecule has 128 valence electrons. The number of aliphatic hydroxyl groups is 1. The Kier molecular flexibility index (Phi) is 6.14. The monoisotopic (exact) mass is 332 g/mol. The van der Waals surface area contributed by atoms with E-state index in [9.17, 15) is 14.3 Å². The number of urea groups is 1. The lowest BCUT2D eigenvalue weighted by Gasteiger charge is -2.18. The average Bonchev–Trinajstić information content (AvgIpc) is 2.59. The van der Waals surface area contributed by atoms with Crippen molar-refractivity contribution in [1.82, 2.24) is 10.6 Å². The Morgan fingerprint density at radius 2 is 2.00 bits per heavy atom. The van der Waals surface area contributed by atoms with Crippen LogP contribution in [0.25, 0.3) is 0 Å². The van der Waals surface area contributed by atoms with Crippen molar-refractivity contribution in [3.63, 3.8) is 0 Å². The molecule has 0 spiro atoms. The fraction of sp³-hybridized carbons (Fsp3) is 0.278. The van der Waals surface area contributed by atoms with Crippen LogP contribution in [0.1, 0.15) is 30.2 Å². The number of ether oxygens (including phenoxy) is 1. The molecule has 2 aromatic carbocycles. The molecule has 0 aliphatic rings. The number of amides is 2. The van der Waals surface area contributed by atoms with Crippen molar-refractivity contribution in [3.8, 4) is 5.75 Å². The number of benzene rings is 2. The molecule has 2 amide bonds. The summed E-state index contributed by atoms with van der Waals surface area (Å²) in [4.78, 5) is 12.0. The second-order valence-corrected chi connectivity index (χ2v) is 5.39. The number of aliphatic hydroxyl groups excluding tert-OH is 1. The Hall–Kier alpha value is -2.60. The summed E-state index contributed by atoms with van der Waals surface area (Å²) in [7, 11) is 1.57. The first-order chi connectivity index (χ1) is 11.5. The van der Waals surface area contributed by atoms with Crippen LogP contribution < -0.4 is 15.4 Å². The second-order valence-electron chi connectivity index (χ2n) is 5.39. The molecule has 0 saturated heterocycles. The Bertz CT molecular complexity index is 693. The average molecular weight is 332 g/mol. The van der Waals surface area contributed by atoms with Crippen LogP contribution in [0.15, 0.2) is 48.5 Å². The van der Waals surface area contributed by atoms with Gasteiger partial charge in [-0.25, -0.2) is 9.18 Å². The topological polar surface area (TPSA) is 70.6 Å². The van der Waals surface area contributed by atoms with Crippen LogP contribution in [0.4, 0.5) is 9.18 Å². The molecule has 0 bridgehead atoms. The van der Waals surface area contributed by atoms with E-state index in [1.807, 2.05) is 31.2 Å². The van der Waals surface area contributed by atoms with Crippen molar-refractivity contribution in [2.45, 2.75) is 19.1 Å². The van der Waals surface area contributed by atoms with Gasteiger partial charge in [0.05, 0.1) is 19.3 Å². The van der Waals surface area contributed by atoms with E-state index in [-0.39, 0.29) is 12.6 Å². The summed E-state index contributed by atoms with van der Waals surface area (Å²) in [5, 5.41) is 15.3. The molecule has 5 nitrogen and oxygen atoms in total. The van der Waals surface area contributed by atoms with E-state index in [1.54, 1.807) is 13.2 Å². The van der Waals surface area contributed by atoms with Crippen LogP contribution in [0.5, 0.6) is 5.75 Å². The zero-order valence-electron chi connectivity index (χ0n) is 13.6. The fourth-order valence-electron chi connectivity index (χ4n) is 2.37. The maximum Gasteiger partial charge on any atom is 0.315 e. The second kappa shape index (κ2) is 8.31. The normalized spacial score (nSPS) is 13.0. The van der Waals surface area contributed by atoms with Gasteiger partial charge in [-0.1, -0.05) is 30.3 Å². The van der Waals surface area contributed by atoms with E-state index in [0.29, 0.717) is 11.3 Å². The largest absolute Gasteiger partial charge is 0.496 e. The molecule has 2 atom stereocenters. The number of methoxy groups -OCH3 is 1. The van der Waals surface area contributed by atoms with Crippen LogP contribution in [-0.2, 0) is 0 Å². The summed E-state index contributed by atoms with van der Waals surface area (Å²) in [5.41, 5.74) is 1.26. The summed E-state index contributed by atoms with van der Waals surface area (Å²) < 4.78 is 18.4. The number of hydrogen-bond acceptors (Lipinski definition) is 3. The van der Waals surface area contributed by atoms with E-state index in [0.717, 1.165) is 5.56 Å². The molecular formula is C18H21FN2O3. The summed E-state index contributed by atoms with van der Waals surface area (Å²) in [6, 6.07) is 12.3. The third-order valence-corrected chi connectivity index (χ3v) is 3.64. The van der Waals surface area contributed by atoms with E-state index in [1.165, 1.54) is 18.2 Å². The Labute approximate surface area is 140 Å². The molecule has 2 rings (SSSR count). The van der Waals surface area contributed by atoms with Crippen molar-refractivity contribution in [1.29, 1.82) is 0 Å². The summed E-state index contributed by atoms with van der Waals surface area (Å²) in [6.07, 6.45) is -0.979. The number of nitrogens with one attached hydrogen (secondary N) is 2. The molecule has 1 unspecified atom stereocenters. The van der Waals surface area contributed by atoms with Gasteiger partial charge in [-0.15, -0.1) is 0 Å². The van der Waals surface area contributed by atoms with Crippen molar-refractivity contribution in [2.24, 2.45) is 0 Å². The minimum absolute atomic E-state index is 0.0199. The lowest BCUT2D eigenvalue weighted by molar-refractivity contribution is 0.172. The van der Waals surface area contributed by atoms with Crippen LogP contribution in [-0.4, -0.2) is 24.8 Å². The number of carbonyl (C=O) groups is 1. The van der Waals surface area contributed by atoms with Gasteiger partial charge >= 0.3 is 6.03 Å². The Balaban J connectivity index is 1.89. The zero-order chi connectivity index (χ0) is 17.5. The van der Waals surface area contributed by atoms with E-state index >= 15 is 0 Å². The highest BCUT2D eigenvalue weighted by molar-refractivity contribution is 5.74. The molecule has 3 N–H and O–H groups in total. The van der Waals surface area contributed by atoms with Crippen LogP contribution in [0, 0.1) is 5.82 Å². The Morgan fingerprint density at radius 1 is 1.25 bits per heavy atom. The van der Waals surface area contributed by atoms with Crippen molar-refractivity contribution in [2.75, 3.05) is 13.7 Å². The van der Waals surface area contributed by atoms with Gasteiger partial charge in [0, 0.05) is 12.1 Å². The standard InChI is InChI=1S/C18H21FN2O3/c1-12(15-8-3-4-9-17(15)24-2)21-18(23)20-11-16(22)13-6-5-7-14(19)10-13/h3-10,12,16,22H,11H2,1-2H3,(H2,20,21,23)/t12-,16?/m1/s1. The van der Waals surface area contributed by atoms with Crippen molar-refractivity contribution < 1.29 is 19.0 Å². The first-order valence-electron chi connectivity index (χ1n) is 7.62. The molecule has 24 heavy (non-hydrogen) atoms. The maximum absolute atomic E-state index is 13.1. The molecule has 6 heteroatoms. The highest BCUT2D eigenvalue weighted by Gasteiger charge is 2.15. The van der Waals surface area contributed by atoms with Gasteiger partial charge in [0.15, 0.2) is 0 Å². The van der Waals surface area contributed by atoms with E-state index in [4.69, 9.17) is 4.74 Å². The highest BCUT2D eigenvalue weighted by Crippen LogP contribution is 2.24. The third kappa shape index (κ3) is 4.70. The minimum atomic E-state index is -0.979. The van der Waals surface area contributed by atoms with Crippen LogP contribution in [0.2, 0.25) is 0 Å². The van der Waals surface area contributed by atoms with Crippen molar-refractivity contribution in [3.05, 3.63) is 65.5 Å². The number of hydrogen-bond donors (Lipinski definition) is 3. The van der Waals surface area contributed by atoms with E-state index in [2.05, 4.69) is 10.6 Å². The molecule has 0 aromatic heterocycles. The van der Waals surface area contributed by atoms with Gasteiger partial charge in [0.1, 0.15) is 11.6 Å². The van der Waals surface area contributed by atoms with Gasteiger partial charge in [-0.05, 0) is 30.7 Å². The molecule has 0 aliphatic heterocycles. The van der Waals surface area contributed by atoms with Gasteiger partial charge in [0.2, 0.25) is 0 Å². The highest BCUT2D eigenvalue weighted by atomic mass is 19.1. The van der Waals surface area contributed by atoms with Crippen LogP contribution in [0.3, 0.4) is 0 Å².